The Balaban J connectivity index is 1.72. The van der Waals surface area contributed by atoms with Crippen LogP contribution in [0.2, 0.25) is 0 Å². The number of anilines is 2. The van der Waals surface area contributed by atoms with Crippen molar-refractivity contribution in [3.8, 4) is 5.95 Å². The van der Waals surface area contributed by atoms with Crippen molar-refractivity contribution in [2.24, 2.45) is 5.84 Å². The van der Waals surface area contributed by atoms with E-state index in [-0.39, 0.29) is 12.0 Å². The third-order valence-electron chi connectivity index (χ3n) is 3.21. The van der Waals surface area contributed by atoms with Crippen LogP contribution >= 0.6 is 0 Å². The summed E-state index contributed by atoms with van der Waals surface area (Å²) in [6.07, 6.45) is 5.10. The molecule has 112 valence electrons. The molecule has 2 aromatic rings. The summed E-state index contributed by atoms with van der Waals surface area (Å²) in [5.74, 6) is 6.44. The molecule has 2 aromatic heterocycles. The van der Waals surface area contributed by atoms with E-state index in [4.69, 9.17) is 10.6 Å². The normalized spacial score (nSPS) is 20.9. The molecular formula is C11H17N9O. The number of hydrogen-bond donors (Lipinski definition) is 3. The molecule has 0 saturated heterocycles. The molecule has 1 fully saturated rings. The van der Waals surface area contributed by atoms with Crippen molar-refractivity contribution in [3.05, 3.63) is 12.7 Å². The van der Waals surface area contributed by atoms with Gasteiger partial charge in [-0.25, -0.2) is 10.8 Å². The van der Waals surface area contributed by atoms with Crippen molar-refractivity contribution >= 4 is 11.9 Å². The van der Waals surface area contributed by atoms with Crippen LogP contribution in [0.4, 0.5) is 11.9 Å². The second kappa shape index (κ2) is 5.97. The number of ether oxygens (including phenoxy) is 1. The lowest BCUT2D eigenvalue weighted by atomic mass is 9.89. The van der Waals surface area contributed by atoms with Crippen LogP contribution in [0.25, 0.3) is 5.95 Å². The summed E-state index contributed by atoms with van der Waals surface area (Å²) in [6.45, 7) is 2.73. The molecular weight excluding hydrogens is 274 g/mol. The SMILES string of the molecule is CCOC1CC(Nc2nc(NN)nc(-n3cncn3)n2)C1. The maximum absolute atomic E-state index is 5.53. The fraction of sp³-hybridized carbons (Fsp3) is 0.545. The van der Waals surface area contributed by atoms with Crippen LogP contribution in [0, 0.1) is 0 Å². The molecule has 1 aliphatic carbocycles. The average molecular weight is 291 g/mol. The summed E-state index contributed by atoms with van der Waals surface area (Å²) in [4.78, 5) is 16.5. The molecule has 10 heteroatoms. The van der Waals surface area contributed by atoms with E-state index < -0.39 is 0 Å². The van der Waals surface area contributed by atoms with Gasteiger partial charge < -0.3 is 10.1 Å². The number of nitrogens with two attached hydrogens (primary N) is 1. The van der Waals surface area contributed by atoms with Crippen LogP contribution in [0.1, 0.15) is 19.8 Å². The molecule has 10 nitrogen and oxygen atoms in total. The average Bonchev–Trinajstić information content (AvgIpc) is 2.99. The molecule has 0 atom stereocenters. The van der Waals surface area contributed by atoms with Crippen molar-refractivity contribution < 1.29 is 4.74 Å². The van der Waals surface area contributed by atoms with Gasteiger partial charge in [-0.3, -0.25) is 5.43 Å². The standard InChI is InChI=1S/C11H17N9O/c1-2-21-8-3-7(4-8)15-9-16-10(19-12)18-11(17-9)20-6-13-5-14-20/h5-8H,2-4,12H2,1H3,(H2,15,16,17,18,19). The predicted octanol–water partition coefficient (Wildman–Crippen LogP) is -0.283. The maximum Gasteiger partial charge on any atom is 0.258 e. The number of rotatable bonds is 6. The molecule has 0 spiro atoms. The zero-order chi connectivity index (χ0) is 14.7. The van der Waals surface area contributed by atoms with Crippen molar-refractivity contribution in [2.45, 2.75) is 31.9 Å². The Kier molecular flexibility index (Phi) is 3.88. The first-order valence-electron chi connectivity index (χ1n) is 6.74. The predicted molar refractivity (Wildman–Crippen MR) is 74.6 cm³/mol. The van der Waals surface area contributed by atoms with E-state index >= 15 is 0 Å². The summed E-state index contributed by atoms with van der Waals surface area (Å²) in [7, 11) is 0. The number of hydrogen-bond acceptors (Lipinski definition) is 9. The molecule has 4 N–H and O–H groups in total. The minimum Gasteiger partial charge on any atom is -0.378 e. The molecule has 3 rings (SSSR count). The van der Waals surface area contributed by atoms with E-state index in [2.05, 4.69) is 35.8 Å². The van der Waals surface area contributed by atoms with E-state index in [1.807, 2.05) is 6.92 Å². The lowest BCUT2D eigenvalue weighted by Gasteiger charge is -2.35. The highest BCUT2D eigenvalue weighted by atomic mass is 16.5. The first-order valence-corrected chi connectivity index (χ1v) is 6.74. The van der Waals surface area contributed by atoms with Gasteiger partial charge >= 0.3 is 0 Å². The number of hydrazine groups is 1. The molecule has 2 heterocycles. The number of aromatic nitrogens is 6. The Morgan fingerprint density at radius 3 is 2.81 bits per heavy atom. The molecule has 1 aliphatic rings. The molecule has 0 aromatic carbocycles. The van der Waals surface area contributed by atoms with E-state index in [1.54, 1.807) is 0 Å². The van der Waals surface area contributed by atoms with Crippen molar-refractivity contribution in [1.29, 1.82) is 0 Å². The lowest BCUT2D eigenvalue weighted by Crippen LogP contribution is -2.41. The first kappa shape index (κ1) is 13.6. The highest BCUT2D eigenvalue weighted by Gasteiger charge is 2.30. The summed E-state index contributed by atoms with van der Waals surface area (Å²) in [6, 6.07) is 0.290. The van der Waals surface area contributed by atoms with Crippen LogP contribution in [-0.4, -0.2) is 48.5 Å². The second-order valence-corrected chi connectivity index (χ2v) is 4.66. The van der Waals surface area contributed by atoms with Crippen molar-refractivity contribution in [3.63, 3.8) is 0 Å². The molecule has 0 unspecified atom stereocenters. The minimum absolute atomic E-state index is 0.263. The van der Waals surface area contributed by atoms with Crippen LogP contribution in [0.5, 0.6) is 0 Å². The van der Waals surface area contributed by atoms with Crippen LogP contribution in [-0.2, 0) is 4.74 Å². The smallest absolute Gasteiger partial charge is 0.258 e. The van der Waals surface area contributed by atoms with Crippen LogP contribution in [0.3, 0.4) is 0 Å². The van der Waals surface area contributed by atoms with E-state index in [0.29, 0.717) is 18.0 Å². The van der Waals surface area contributed by atoms with E-state index in [0.717, 1.165) is 19.4 Å². The van der Waals surface area contributed by atoms with Crippen LogP contribution in [0.15, 0.2) is 12.7 Å². The van der Waals surface area contributed by atoms with Gasteiger partial charge in [0.1, 0.15) is 12.7 Å². The monoisotopic (exact) mass is 291 g/mol. The van der Waals surface area contributed by atoms with Gasteiger partial charge in [0.2, 0.25) is 11.9 Å². The maximum atomic E-state index is 5.53. The minimum atomic E-state index is 0.263. The molecule has 21 heavy (non-hydrogen) atoms. The Hall–Kier alpha value is -2.33. The van der Waals surface area contributed by atoms with Gasteiger partial charge in [0.05, 0.1) is 6.10 Å². The molecule has 0 bridgehead atoms. The van der Waals surface area contributed by atoms with E-state index in [9.17, 15) is 0 Å². The molecule has 0 radical (unpaired) electrons. The highest BCUT2D eigenvalue weighted by Crippen LogP contribution is 2.26. The zero-order valence-corrected chi connectivity index (χ0v) is 11.6. The van der Waals surface area contributed by atoms with E-state index in [1.165, 1.54) is 17.3 Å². The molecule has 1 saturated carbocycles. The summed E-state index contributed by atoms with van der Waals surface area (Å²) >= 11 is 0. The highest BCUT2D eigenvalue weighted by molar-refractivity contribution is 5.38. The van der Waals surface area contributed by atoms with Crippen molar-refractivity contribution in [2.75, 3.05) is 17.3 Å². The third-order valence-corrected chi connectivity index (χ3v) is 3.21. The van der Waals surface area contributed by atoms with Gasteiger partial charge in [0.25, 0.3) is 5.95 Å². The second-order valence-electron chi connectivity index (χ2n) is 4.66. The van der Waals surface area contributed by atoms with Gasteiger partial charge in [-0.05, 0) is 19.8 Å². The Labute approximate surface area is 121 Å². The Morgan fingerprint density at radius 1 is 1.33 bits per heavy atom. The Bertz CT molecular complexity index is 581. The zero-order valence-electron chi connectivity index (χ0n) is 11.6. The van der Waals surface area contributed by atoms with Crippen molar-refractivity contribution in [1.82, 2.24) is 29.7 Å². The summed E-state index contributed by atoms with van der Waals surface area (Å²) in [5.41, 5.74) is 2.42. The summed E-state index contributed by atoms with van der Waals surface area (Å²) in [5, 5.41) is 7.23. The molecule has 0 aliphatic heterocycles. The number of nitrogen functional groups attached to an aromatic ring is 1. The lowest BCUT2D eigenvalue weighted by molar-refractivity contribution is 0.00285. The first-order chi connectivity index (χ1) is 10.3. The fourth-order valence-electron chi connectivity index (χ4n) is 2.15. The van der Waals surface area contributed by atoms with Crippen LogP contribution < -0.4 is 16.6 Å². The van der Waals surface area contributed by atoms with Gasteiger partial charge in [-0.1, -0.05) is 0 Å². The fourth-order valence-corrected chi connectivity index (χ4v) is 2.15. The van der Waals surface area contributed by atoms with Gasteiger partial charge in [-0.15, -0.1) is 0 Å². The number of nitrogens with one attached hydrogen (secondary N) is 2. The van der Waals surface area contributed by atoms with Gasteiger partial charge in [0, 0.05) is 12.6 Å². The Morgan fingerprint density at radius 2 is 2.14 bits per heavy atom. The van der Waals surface area contributed by atoms with Gasteiger partial charge in [-0.2, -0.15) is 24.7 Å². The topological polar surface area (TPSA) is 129 Å². The summed E-state index contributed by atoms with van der Waals surface area (Å²) < 4.78 is 6.97. The molecule has 0 amide bonds. The third kappa shape index (κ3) is 3.06. The quantitative estimate of drug-likeness (QED) is 0.486. The van der Waals surface area contributed by atoms with Gasteiger partial charge in [0.15, 0.2) is 0 Å². The number of nitrogens with zero attached hydrogens (tertiary/aromatic N) is 6. The largest absolute Gasteiger partial charge is 0.378 e.